The molecule has 4 nitrogen and oxygen atoms in total. The van der Waals surface area contributed by atoms with Crippen molar-refractivity contribution < 1.29 is 9.90 Å². The molecule has 1 amide bonds. The number of aliphatic hydroxyl groups excluding tert-OH is 1. The van der Waals surface area contributed by atoms with Gasteiger partial charge in [-0.15, -0.1) is 0 Å². The van der Waals surface area contributed by atoms with Crippen molar-refractivity contribution in [2.45, 2.75) is 18.9 Å². The number of rotatable bonds is 3. The van der Waals surface area contributed by atoms with Crippen LogP contribution < -0.4 is 5.73 Å². The van der Waals surface area contributed by atoms with Crippen LogP contribution in [0.5, 0.6) is 0 Å². The summed E-state index contributed by atoms with van der Waals surface area (Å²) in [5.74, 6) is 0.00519. The minimum atomic E-state index is -0.374. The number of nitrogens with zero attached hydrogens (tertiary/aromatic N) is 1. The Hall–Kier alpha value is -1.39. The van der Waals surface area contributed by atoms with Gasteiger partial charge in [-0.25, -0.2) is 0 Å². The minimum Gasteiger partial charge on any atom is -0.391 e. The Bertz CT molecular complexity index is 406. The summed E-state index contributed by atoms with van der Waals surface area (Å²) in [7, 11) is 0. The van der Waals surface area contributed by atoms with E-state index in [0.717, 1.165) is 5.56 Å². The van der Waals surface area contributed by atoms with E-state index in [1.165, 1.54) is 0 Å². The number of likely N-dealkylation sites (tertiary alicyclic amines) is 1. The number of β-amino-alcohol motifs (C(OH)–C–C–N with tert-alkyl or cyclic N) is 1. The van der Waals surface area contributed by atoms with Crippen LogP contribution in [0.2, 0.25) is 0 Å². The van der Waals surface area contributed by atoms with Crippen molar-refractivity contribution in [2.24, 2.45) is 5.73 Å². The first-order valence-electron chi connectivity index (χ1n) is 5.97. The van der Waals surface area contributed by atoms with Crippen molar-refractivity contribution in [3.05, 3.63) is 35.4 Å². The Kier molecular flexibility index (Phi) is 3.76. The predicted octanol–water partition coefficient (Wildman–Crippen LogP) is 0.395. The van der Waals surface area contributed by atoms with Crippen molar-refractivity contribution in [1.82, 2.24) is 4.90 Å². The van der Waals surface area contributed by atoms with E-state index in [1.54, 1.807) is 4.90 Å². The molecule has 1 aliphatic rings. The van der Waals surface area contributed by atoms with E-state index in [-0.39, 0.29) is 12.0 Å². The highest BCUT2D eigenvalue weighted by molar-refractivity contribution is 5.95. The number of carbonyl (C=O) groups excluding carboxylic acids is 1. The number of benzene rings is 1. The molecule has 4 heteroatoms. The van der Waals surface area contributed by atoms with Crippen molar-refractivity contribution in [3.63, 3.8) is 0 Å². The Labute approximate surface area is 101 Å². The fourth-order valence-corrected chi connectivity index (χ4v) is 2.20. The molecule has 1 heterocycles. The van der Waals surface area contributed by atoms with Gasteiger partial charge in [0.25, 0.3) is 5.91 Å². The van der Waals surface area contributed by atoms with Crippen LogP contribution in [-0.2, 0) is 6.42 Å². The summed E-state index contributed by atoms with van der Waals surface area (Å²) in [6.07, 6.45) is 1.00. The highest BCUT2D eigenvalue weighted by atomic mass is 16.3. The van der Waals surface area contributed by atoms with Crippen LogP contribution >= 0.6 is 0 Å². The lowest BCUT2D eigenvalue weighted by Gasteiger charge is -2.17. The van der Waals surface area contributed by atoms with Crippen molar-refractivity contribution in [2.75, 3.05) is 19.6 Å². The van der Waals surface area contributed by atoms with Gasteiger partial charge in [-0.3, -0.25) is 4.79 Å². The summed E-state index contributed by atoms with van der Waals surface area (Å²) >= 11 is 0. The van der Waals surface area contributed by atoms with Gasteiger partial charge in [0.15, 0.2) is 0 Å². The predicted molar refractivity (Wildman–Crippen MR) is 65.7 cm³/mol. The smallest absolute Gasteiger partial charge is 0.254 e. The molecule has 1 fully saturated rings. The van der Waals surface area contributed by atoms with E-state index in [2.05, 4.69) is 0 Å². The van der Waals surface area contributed by atoms with Crippen LogP contribution in [0.1, 0.15) is 22.3 Å². The molecule has 17 heavy (non-hydrogen) atoms. The summed E-state index contributed by atoms with van der Waals surface area (Å²) in [5, 5.41) is 9.45. The molecular formula is C13H18N2O2. The molecular weight excluding hydrogens is 216 g/mol. The lowest BCUT2D eigenvalue weighted by Crippen LogP contribution is -2.30. The molecule has 0 spiro atoms. The third-order valence-corrected chi connectivity index (χ3v) is 3.11. The average Bonchev–Trinajstić information content (AvgIpc) is 2.76. The van der Waals surface area contributed by atoms with Crippen molar-refractivity contribution in [1.29, 1.82) is 0 Å². The number of aliphatic hydroxyl groups is 1. The second-order valence-corrected chi connectivity index (χ2v) is 4.39. The third kappa shape index (κ3) is 2.65. The quantitative estimate of drug-likeness (QED) is 0.795. The number of hydrogen-bond acceptors (Lipinski definition) is 3. The van der Waals surface area contributed by atoms with E-state index in [4.69, 9.17) is 5.73 Å². The van der Waals surface area contributed by atoms with Crippen LogP contribution in [0.4, 0.5) is 0 Å². The Morgan fingerprint density at radius 1 is 1.47 bits per heavy atom. The Morgan fingerprint density at radius 2 is 2.24 bits per heavy atom. The molecule has 0 bridgehead atoms. The average molecular weight is 234 g/mol. The van der Waals surface area contributed by atoms with E-state index < -0.39 is 0 Å². The standard InChI is InChI=1S/C13H18N2O2/c14-7-5-10-3-1-2-4-12(10)13(17)15-8-6-11(16)9-15/h1-4,11,16H,5-9,14H2/t11-/m0/s1. The lowest BCUT2D eigenvalue weighted by atomic mass is 10.0. The SMILES string of the molecule is NCCc1ccccc1C(=O)N1CC[C@H](O)C1. The van der Waals surface area contributed by atoms with E-state index in [1.807, 2.05) is 24.3 Å². The normalized spacial score (nSPS) is 19.6. The zero-order chi connectivity index (χ0) is 12.3. The lowest BCUT2D eigenvalue weighted by molar-refractivity contribution is 0.0764. The largest absolute Gasteiger partial charge is 0.391 e. The van der Waals surface area contributed by atoms with Crippen molar-refractivity contribution >= 4 is 5.91 Å². The van der Waals surface area contributed by atoms with Crippen molar-refractivity contribution in [3.8, 4) is 0 Å². The van der Waals surface area contributed by atoms with Crippen LogP contribution in [0.3, 0.4) is 0 Å². The zero-order valence-corrected chi connectivity index (χ0v) is 9.80. The monoisotopic (exact) mass is 234 g/mol. The topological polar surface area (TPSA) is 66.6 Å². The molecule has 0 aliphatic carbocycles. The summed E-state index contributed by atoms with van der Waals surface area (Å²) in [6, 6.07) is 7.55. The number of carbonyl (C=O) groups is 1. The summed E-state index contributed by atoms with van der Waals surface area (Å²) in [5.41, 5.74) is 7.24. The summed E-state index contributed by atoms with van der Waals surface area (Å²) in [4.78, 5) is 14.0. The molecule has 1 saturated heterocycles. The molecule has 1 aromatic carbocycles. The maximum absolute atomic E-state index is 12.3. The molecule has 0 radical (unpaired) electrons. The van der Waals surface area contributed by atoms with Gasteiger partial charge >= 0.3 is 0 Å². The van der Waals surface area contributed by atoms with Gasteiger partial charge in [0.05, 0.1) is 6.10 Å². The molecule has 1 aromatic rings. The first-order valence-corrected chi connectivity index (χ1v) is 5.97. The second kappa shape index (κ2) is 5.29. The minimum absolute atomic E-state index is 0.00519. The van der Waals surface area contributed by atoms with E-state index in [0.29, 0.717) is 38.0 Å². The molecule has 0 saturated carbocycles. The third-order valence-electron chi connectivity index (χ3n) is 3.11. The molecule has 0 unspecified atom stereocenters. The molecule has 0 aromatic heterocycles. The highest BCUT2D eigenvalue weighted by Crippen LogP contribution is 2.16. The zero-order valence-electron chi connectivity index (χ0n) is 9.80. The Balaban J connectivity index is 2.18. The molecule has 1 aliphatic heterocycles. The molecule has 2 rings (SSSR count). The van der Waals surface area contributed by atoms with Crippen LogP contribution in [0, 0.1) is 0 Å². The van der Waals surface area contributed by atoms with Crippen LogP contribution in [0.15, 0.2) is 24.3 Å². The van der Waals surface area contributed by atoms with Gasteiger partial charge in [-0.1, -0.05) is 18.2 Å². The summed E-state index contributed by atoms with van der Waals surface area (Å²) in [6.45, 7) is 1.61. The fraction of sp³-hybridized carbons (Fsp3) is 0.462. The van der Waals surface area contributed by atoms with Gasteiger partial charge in [0.2, 0.25) is 0 Å². The van der Waals surface area contributed by atoms with Crippen LogP contribution in [-0.4, -0.2) is 41.7 Å². The van der Waals surface area contributed by atoms with Gasteiger partial charge in [-0.2, -0.15) is 0 Å². The van der Waals surface area contributed by atoms with Gasteiger partial charge in [-0.05, 0) is 31.0 Å². The van der Waals surface area contributed by atoms with E-state index in [9.17, 15) is 9.90 Å². The first kappa shape index (κ1) is 12.1. The second-order valence-electron chi connectivity index (χ2n) is 4.39. The number of amides is 1. The first-order chi connectivity index (χ1) is 8.22. The Morgan fingerprint density at radius 3 is 2.88 bits per heavy atom. The molecule has 3 N–H and O–H groups in total. The highest BCUT2D eigenvalue weighted by Gasteiger charge is 2.26. The maximum atomic E-state index is 12.3. The van der Waals surface area contributed by atoms with E-state index >= 15 is 0 Å². The number of hydrogen-bond donors (Lipinski definition) is 2. The fourth-order valence-electron chi connectivity index (χ4n) is 2.20. The van der Waals surface area contributed by atoms with Gasteiger partial charge in [0.1, 0.15) is 0 Å². The van der Waals surface area contributed by atoms with Crippen LogP contribution in [0.25, 0.3) is 0 Å². The molecule has 92 valence electrons. The molecule has 1 atom stereocenters. The summed E-state index contributed by atoms with van der Waals surface area (Å²) < 4.78 is 0. The van der Waals surface area contributed by atoms with Gasteiger partial charge in [0, 0.05) is 18.7 Å². The number of nitrogens with two attached hydrogens (primary N) is 1. The maximum Gasteiger partial charge on any atom is 0.254 e. The van der Waals surface area contributed by atoms with Gasteiger partial charge < -0.3 is 15.7 Å².